The fourth-order valence-electron chi connectivity index (χ4n) is 4.14. The molecule has 6 nitrogen and oxygen atoms in total. The number of fused-ring (bicyclic) bond motifs is 1. The van der Waals surface area contributed by atoms with Crippen molar-refractivity contribution < 1.29 is 4.79 Å². The number of hydrogen-bond donors (Lipinski definition) is 2. The summed E-state index contributed by atoms with van der Waals surface area (Å²) in [4.78, 5) is 24.2. The molecular weight excluding hydrogens is 422 g/mol. The summed E-state index contributed by atoms with van der Waals surface area (Å²) in [6.07, 6.45) is 0. The highest BCUT2D eigenvalue weighted by Crippen LogP contribution is 2.23. The number of rotatable bonds is 5. The van der Waals surface area contributed by atoms with Crippen LogP contribution < -0.4 is 10.6 Å². The van der Waals surface area contributed by atoms with Gasteiger partial charge in [0.25, 0.3) is 0 Å². The van der Waals surface area contributed by atoms with Crippen LogP contribution in [-0.2, 0) is 6.54 Å². The van der Waals surface area contributed by atoms with Gasteiger partial charge in [0.05, 0.1) is 11.0 Å². The van der Waals surface area contributed by atoms with Gasteiger partial charge in [0.15, 0.2) is 0 Å². The van der Waals surface area contributed by atoms with Crippen LogP contribution in [0.4, 0.5) is 5.69 Å². The molecular formula is C25H24ClN5O. The van der Waals surface area contributed by atoms with Crippen molar-refractivity contribution >= 4 is 34.2 Å². The summed E-state index contributed by atoms with van der Waals surface area (Å²) in [6.45, 7) is 4.99. The minimum absolute atomic E-state index is 0.443. The molecule has 7 heteroatoms. The summed E-state index contributed by atoms with van der Waals surface area (Å²) < 4.78 is 0. The molecule has 0 aliphatic carbocycles. The van der Waals surface area contributed by atoms with Gasteiger partial charge in [-0.1, -0.05) is 35.9 Å². The molecule has 162 valence electrons. The number of aromatic amines is 1. The van der Waals surface area contributed by atoms with E-state index in [1.165, 1.54) is 11.3 Å². The first-order chi connectivity index (χ1) is 15.5. The number of halogens is 1. The Hall–Kier alpha value is -3.35. The Morgan fingerprint density at radius 1 is 0.969 bits per heavy atom. The Morgan fingerprint density at radius 2 is 1.69 bits per heavy atom. The highest BCUT2D eigenvalue weighted by atomic mass is 35.5. The zero-order chi connectivity index (χ0) is 22.1. The number of carbonyl (C=O) groups is 1. The lowest BCUT2D eigenvalue weighted by atomic mass is 10.1. The van der Waals surface area contributed by atoms with E-state index in [1.54, 1.807) is 12.1 Å². The van der Waals surface area contributed by atoms with Gasteiger partial charge >= 0.3 is 0 Å². The van der Waals surface area contributed by atoms with Crippen LogP contribution in [0.3, 0.4) is 0 Å². The number of primary amides is 1. The zero-order valence-electron chi connectivity index (χ0n) is 17.6. The van der Waals surface area contributed by atoms with Crippen LogP contribution in [0.15, 0.2) is 66.7 Å². The first-order valence-electron chi connectivity index (χ1n) is 10.7. The summed E-state index contributed by atoms with van der Waals surface area (Å²) in [5.41, 5.74) is 11.0. The van der Waals surface area contributed by atoms with Crippen molar-refractivity contribution in [3.63, 3.8) is 0 Å². The molecule has 4 aromatic rings. The number of nitrogens with two attached hydrogens (primary N) is 1. The third kappa shape index (κ3) is 4.33. The Labute approximate surface area is 191 Å². The van der Waals surface area contributed by atoms with Crippen molar-refractivity contribution in [2.75, 3.05) is 31.1 Å². The molecule has 5 rings (SSSR count). The maximum atomic E-state index is 11.4. The second kappa shape index (κ2) is 8.65. The minimum atomic E-state index is -0.443. The number of amides is 1. The van der Waals surface area contributed by atoms with Gasteiger partial charge in [0.2, 0.25) is 5.91 Å². The molecule has 1 amide bonds. The standard InChI is InChI=1S/C25H24ClN5O/c26-20-6-8-21(9-7-20)31-13-11-30(12-14-31)16-17-1-3-18(4-2-17)25-28-22-10-5-19(24(27)32)15-23(22)29-25/h1-10,15H,11-14,16H2,(H2,27,32)(H,28,29). The van der Waals surface area contributed by atoms with Crippen molar-refractivity contribution in [2.45, 2.75) is 6.54 Å². The number of carbonyl (C=O) groups excluding carboxylic acids is 1. The number of piperazine rings is 1. The van der Waals surface area contributed by atoms with E-state index in [0.29, 0.717) is 5.56 Å². The normalized spacial score (nSPS) is 14.7. The molecule has 32 heavy (non-hydrogen) atoms. The maximum absolute atomic E-state index is 11.4. The number of anilines is 1. The molecule has 1 fully saturated rings. The molecule has 0 saturated carbocycles. The lowest BCUT2D eigenvalue weighted by molar-refractivity contribution is 0.100. The van der Waals surface area contributed by atoms with E-state index >= 15 is 0 Å². The lowest BCUT2D eigenvalue weighted by Crippen LogP contribution is -2.45. The van der Waals surface area contributed by atoms with Crippen molar-refractivity contribution in [1.82, 2.24) is 14.9 Å². The van der Waals surface area contributed by atoms with Crippen LogP contribution in [0.2, 0.25) is 5.02 Å². The number of hydrogen-bond acceptors (Lipinski definition) is 4. The SMILES string of the molecule is NC(=O)c1ccc2nc(-c3ccc(CN4CCN(c5ccc(Cl)cc5)CC4)cc3)[nH]c2c1. The van der Waals surface area contributed by atoms with Crippen molar-refractivity contribution in [1.29, 1.82) is 0 Å². The van der Waals surface area contributed by atoms with Gasteiger partial charge in [-0.2, -0.15) is 0 Å². The number of nitrogens with zero attached hydrogens (tertiary/aromatic N) is 3. The first-order valence-corrected chi connectivity index (χ1v) is 11.0. The van der Waals surface area contributed by atoms with Gasteiger partial charge in [-0.25, -0.2) is 4.98 Å². The largest absolute Gasteiger partial charge is 0.369 e. The van der Waals surface area contributed by atoms with Gasteiger partial charge < -0.3 is 15.6 Å². The van der Waals surface area contributed by atoms with Gasteiger partial charge in [-0.05, 0) is 48.0 Å². The fourth-order valence-corrected chi connectivity index (χ4v) is 4.27. The van der Waals surface area contributed by atoms with Gasteiger partial charge in [-0.15, -0.1) is 0 Å². The van der Waals surface area contributed by atoms with Gasteiger partial charge in [-0.3, -0.25) is 9.69 Å². The highest BCUT2D eigenvalue weighted by Gasteiger charge is 2.17. The molecule has 3 aromatic carbocycles. The molecule has 1 aromatic heterocycles. The van der Waals surface area contributed by atoms with E-state index < -0.39 is 5.91 Å². The van der Waals surface area contributed by atoms with E-state index in [4.69, 9.17) is 17.3 Å². The number of imidazole rings is 1. The molecule has 0 atom stereocenters. The molecule has 3 N–H and O–H groups in total. The molecule has 1 aliphatic heterocycles. The van der Waals surface area contributed by atoms with E-state index in [1.807, 2.05) is 18.2 Å². The predicted octanol–water partition coefficient (Wildman–Crippen LogP) is 4.30. The summed E-state index contributed by atoms with van der Waals surface area (Å²) in [5, 5.41) is 0.772. The molecule has 0 bridgehead atoms. The third-order valence-corrected chi connectivity index (χ3v) is 6.22. The number of H-pyrrole nitrogens is 1. The molecule has 0 unspecified atom stereocenters. The molecule has 1 aliphatic rings. The van der Waals surface area contributed by atoms with Crippen molar-refractivity contribution in [3.05, 3.63) is 82.9 Å². The summed E-state index contributed by atoms with van der Waals surface area (Å²) in [6, 6.07) is 21.8. The zero-order valence-corrected chi connectivity index (χ0v) is 18.3. The molecule has 2 heterocycles. The average molecular weight is 446 g/mol. The minimum Gasteiger partial charge on any atom is -0.369 e. The second-order valence-corrected chi connectivity index (χ2v) is 8.55. The number of benzene rings is 3. The third-order valence-electron chi connectivity index (χ3n) is 5.96. The van der Waals surface area contributed by atoms with Crippen molar-refractivity contribution in [3.8, 4) is 11.4 Å². The van der Waals surface area contributed by atoms with E-state index in [9.17, 15) is 4.79 Å². The Kier molecular flexibility index (Phi) is 5.55. The Bertz CT molecular complexity index is 1240. The van der Waals surface area contributed by atoms with Crippen molar-refractivity contribution in [2.24, 2.45) is 5.73 Å². The van der Waals surface area contributed by atoms with Crippen LogP contribution in [0, 0.1) is 0 Å². The van der Waals surface area contributed by atoms with Gasteiger partial charge in [0, 0.05) is 54.6 Å². The summed E-state index contributed by atoms with van der Waals surface area (Å²) in [7, 11) is 0. The first kappa shape index (κ1) is 20.5. The lowest BCUT2D eigenvalue weighted by Gasteiger charge is -2.36. The maximum Gasteiger partial charge on any atom is 0.248 e. The van der Waals surface area contributed by atoms with Crippen LogP contribution in [-0.4, -0.2) is 47.0 Å². The van der Waals surface area contributed by atoms with Gasteiger partial charge in [0.1, 0.15) is 5.82 Å². The van der Waals surface area contributed by atoms with Crippen LogP contribution in [0.5, 0.6) is 0 Å². The number of aromatic nitrogens is 2. The summed E-state index contributed by atoms with van der Waals surface area (Å²) >= 11 is 6.00. The molecule has 0 radical (unpaired) electrons. The van der Waals surface area contributed by atoms with Crippen LogP contribution in [0.1, 0.15) is 15.9 Å². The molecule has 0 spiro atoms. The van der Waals surface area contributed by atoms with Crippen LogP contribution in [0.25, 0.3) is 22.4 Å². The van der Waals surface area contributed by atoms with E-state index in [-0.39, 0.29) is 0 Å². The Balaban J connectivity index is 1.22. The van der Waals surface area contributed by atoms with E-state index in [2.05, 4.69) is 56.2 Å². The fraction of sp³-hybridized carbons (Fsp3) is 0.200. The quantitative estimate of drug-likeness (QED) is 0.480. The topological polar surface area (TPSA) is 78.2 Å². The van der Waals surface area contributed by atoms with E-state index in [0.717, 1.165) is 60.2 Å². The molecule has 1 saturated heterocycles. The highest BCUT2D eigenvalue weighted by molar-refractivity contribution is 6.30. The summed E-state index contributed by atoms with van der Waals surface area (Å²) in [5.74, 6) is 0.339. The average Bonchev–Trinajstić information content (AvgIpc) is 3.24. The Morgan fingerprint density at radius 3 is 2.38 bits per heavy atom. The van der Waals surface area contributed by atoms with Crippen LogP contribution >= 0.6 is 11.6 Å². The second-order valence-electron chi connectivity index (χ2n) is 8.12. The smallest absolute Gasteiger partial charge is 0.248 e. The predicted molar refractivity (Wildman–Crippen MR) is 129 cm³/mol. The monoisotopic (exact) mass is 445 g/mol. The number of nitrogens with one attached hydrogen (secondary N) is 1.